The summed E-state index contributed by atoms with van der Waals surface area (Å²) in [5.41, 5.74) is 1.04. The van der Waals surface area contributed by atoms with Gasteiger partial charge in [-0.15, -0.1) is 0 Å². The van der Waals surface area contributed by atoms with Crippen molar-refractivity contribution in [3.63, 3.8) is 0 Å². The van der Waals surface area contributed by atoms with Gasteiger partial charge in [0.05, 0.1) is 40.6 Å². The van der Waals surface area contributed by atoms with Crippen molar-refractivity contribution in [2.75, 3.05) is 11.6 Å². The minimum absolute atomic E-state index is 0.00335. The lowest BCUT2D eigenvalue weighted by Gasteiger charge is -2.11. The number of nitrogens with one attached hydrogen (secondary N) is 1. The number of nitrogens with zero attached hydrogens (tertiary/aromatic N) is 1. The highest BCUT2D eigenvalue weighted by molar-refractivity contribution is 7.85. The van der Waals surface area contributed by atoms with E-state index in [2.05, 4.69) is 10.3 Å². The Hall–Kier alpha value is -4.94. The van der Waals surface area contributed by atoms with Gasteiger partial charge in [-0.3, -0.25) is 19.1 Å². The van der Waals surface area contributed by atoms with E-state index in [-0.39, 0.29) is 28.7 Å². The number of fused-ring (bicyclic) bond motifs is 1. The molecule has 1 aromatic heterocycles. The van der Waals surface area contributed by atoms with Crippen molar-refractivity contribution >= 4 is 50.3 Å². The normalized spacial score (nSPS) is 10.0. The molecule has 1 amide bonds. The van der Waals surface area contributed by atoms with Crippen molar-refractivity contribution < 1.29 is 42.4 Å². The third kappa shape index (κ3) is 11.1. The van der Waals surface area contributed by atoms with Gasteiger partial charge in [0, 0.05) is 16.6 Å². The Bertz CT molecular complexity index is 1690. The third-order valence-electron chi connectivity index (χ3n) is 5.23. The van der Waals surface area contributed by atoms with Gasteiger partial charge in [0.1, 0.15) is 0 Å². The van der Waals surface area contributed by atoms with Crippen LogP contribution in [0.15, 0.2) is 78.9 Å². The van der Waals surface area contributed by atoms with E-state index >= 15 is 0 Å². The molecule has 43 heavy (non-hydrogen) atoms. The van der Waals surface area contributed by atoms with Crippen molar-refractivity contribution in [2.45, 2.75) is 34.1 Å². The zero-order valence-corrected chi connectivity index (χ0v) is 25.2. The molecule has 4 N–H and O–H groups in total. The van der Waals surface area contributed by atoms with Crippen LogP contribution in [-0.4, -0.2) is 58.1 Å². The number of aromatic nitrogens is 1. The molecule has 0 aliphatic rings. The number of para-hydroxylation sites is 1. The maximum Gasteiger partial charge on any atom is 0.336 e. The number of carbonyl (C=O) groups excluding carboxylic acids is 2. The van der Waals surface area contributed by atoms with Crippen LogP contribution in [0.2, 0.25) is 0 Å². The van der Waals surface area contributed by atoms with Gasteiger partial charge < -0.3 is 15.5 Å². The molecule has 228 valence electrons. The molecule has 0 saturated carbocycles. The molecule has 0 unspecified atom stereocenters. The lowest BCUT2D eigenvalue weighted by molar-refractivity contribution is 0.0683. The first-order valence-electron chi connectivity index (χ1n) is 13.2. The number of rotatable bonds is 7. The summed E-state index contributed by atoms with van der Waals surface area (Å²) in [7, 11) is -3.67. The number of aromatic carboxylic acids is 2. The Morgan fingerprint density at radius 2 is 1.16 bits per heavy atom. The topological polar surface area (TPSA) is 188 Å². The molecule has 4 rings (SSSR count). The molecular weight excluding hydrogens is 576 g/mol. The average Bonchev–Trinajstić information content (AvgIpc) is 2.98. The number of carboxylic acid groups (broad SMARTS) is 2. The number of Topliss-reactive ketones (excluding diaryl/α,β-unsaturated/α-hetero) is 1. The zero-order valence-electron chi connectivity index (χ0n) is 24.4. The quantitative estimate of drug-likeness (QED) is 0.146. The van der Waals surface area contributed by atoms with Gasteiger partial charge in [-0.2, -0.15) is 8.42 Å². The first-order valence-corrected chi connectivity index (χ1v) is 15.0. The van der Waals surface area contributed by atoms with Gasteiger partial charge in [-0.25, -0.2) is 9.59 Å². The van der Waals surface area contributed by atoms with Crippen LogP contribution in [0.5, 0.6) is 0 Å². The summed E-state index contributed by atoms with van der Waals surface area (Å²) >= 11 is 0. The Labute approximate surface area is 250 Å². The maximum atomic E-state index is 12.8. The molecule has 0 spiro atoms. The lowest BCUT2D eigenvalue weighted by Crippen LogP contribution is -2.16. The van der Waals surface area contributed by atoms with Crippen molar-refractivity contribution in [1.82, 2.24) is 4.98 Å². The van der Waals surface area contributed by atoms with Crippen LogP contribution >= 0.6 is 0 Å². The molecule has 12 heteroatoms. The molecule has 0 radical (unpaired) electrons. The van der Waals surface area contributed by atoms with E-state index in [1.165, 1.54) is 30.3 Å². The highest BCUT2D eigenvalue weighted by atomic mass is 32.2. The van der Waals surface area contributed by atoms with Crippen LogP contribution in [0.1, 0.15) is 74.8 Å². The van der Waals surface area contributed by atoms with Gasteiger partial charge in [-0.1, -0.05) is 76.2 Å². The number of hydrogen-bond acceptors (Lipinski definition) is 7. The van der Waals surface area contributed by atoms with Gasteiger partial charge >= 0.3 is 11.9 Å². The second-order valence-electron chi connectivity index (χ2n) is 8.17. The second-order valence-corrected chi connectivity index (χ2v) is 9.63. The summed E-state index contributed by atoms with van der Waals surface area (Å²) in [5, 5.41) is 22.1. The Morgan fingerprint density at radius 3 is 1.67 bits per heavy atom. The molecule has 0 fully saturated rings. The van der Waals surface area contributed by atoms with Crippen LogP contribution in [0.3, 0.4) is 0 Å². The summed E-state index contributed by atoms with van der Waals surface area (Å²) in [5.74, 6) is -3.42. The monoisotopic (exact) mass is 610 g/mol. The van der Waals surface area contributed by atoms with Crippen LogP contribution < -0.4 is 5.32 Å². The zero-order chi connectivity index (χ0) is 32.7. The van der Waals surface area contributed by atoms with Crippen molar-refractivity contribution in [3.8, 4) is 0 Å². The number of carboxylic acids is 2. The third-order valence-corrected chi connectivity index (χ3v) is 5.23. The predicted molar refractivity (Wildman–Crippen MR) is 165 cm³/mol. The molecular formula is C31H34N2O9S. The molecule has 3 aromatic carbocycles. The fraction of sp³-hybridized carbons (Fsp3) is 0.194. The van der Waals surface area contributed by atoms with Crippen LogP contribution in [0.25, 0.3) is 10.9 Å². The Balaban J connectivity index is 0.000000917. The fourth-order valence-electron chi connectivity index (χ4n) is 3.62. The highest BCUT2D eigenvalue weighted by Crippen LogP contribution is 2.24. The van der Waals surface area contributed by atoms with Crippen molar-refractivity contribution in [2.24, 2.45) is 0 Å². The Morgan fingerprint density at radius 1 is 0.698 bits per heavy atom. The number of carbonyl (C=O) groups is 4. The van der Waals surface area contributed by atoms with Crippen molar-refractivity contribution in [1.29, 1.82) is 0 Å². The Kier molecular flexibility index (Phi) is 14.4. The number of amides is 1. The first-order chi connectivity index (χ1) is 20.3. The van der Waals surface area contributed by atoms with Gasteiger partial charge in [0.25, 0.3) is 16.0 Å². The van der Waals surface area contributed by atoms with Gasteiger partial charge in [-0.05, 0) is 30.3 Å². The average molecular weight is 611 g/mol. The maximum absolute atomic E-state index is 12.8. The minimum Gasteiger partial charge on any atom is -0.478 e. The first kappa shape index (κ1) is 36.1. The molecule has 11 nitrogen and oxygen atoms in total. The number of benzene rings is 3. The van der Waals surface area contributed by atoms with Crippen LogP contribution in [-0.2, 0) is 16.5 Å². The molecule has 0 atom stereocenters. The summed E-state index contributed by atoms with van der Waals surface area (Å²) in [4.78, 5) is 53.0. The smallest absolute Gasteiger partial charge is 0.336 e. The molecule has 1 heterocycles. The van der Waals surface area contributed by atoms with E-state index in [9.17, 15) is 37.8 Å². The van der Waals surface area contributed by atoms with Gasteiger partial charge in [0.15, 0.2) is 5.78 Å². The molecule has 0 aliphatic heterocycles. The van der Waals surface area contributed by atoms with Crippen LogP contribution in [0, 0.1) is 0 Å². The molecule has 0 aliphatic carbocycles. The molecule has 0 bridgehead atoms. The van der Waals surface area contributed by atoms with Crippen LogP contribution in [0.4, 0.5) is 5.69 Å². The molecule has 0 saturated heterocycles. The lowest BCUT2D eigenvalue weighted by atomic mass is 10.00. The summed E-state index contributed by atoms with van der Waals surface area (Å²) < 4.78 is 25.9. The van der Waals surface area contributed by atoms with E-state index in [0.717, 1.165) is 0 Å². The van der Waals surface area contributed by atoms with E-state index in [1.54, 1.807) is 48.5 Å². The minimum atomic E-state index is -3.67. The summed E-state index contributed by atoms with van der Waals surface area (Å²) in [6.45, 7) is 8.00. The SMILES string of the molecule is CC.CC.CS(=O)(=O)O.O=C(O)c1ccccc1C(=O)Cc1ccc2cccc(NC(=O)c3ccccc3C(=O)O)c2n1. The van der Waals surface area contributed by atoms with E-state index < -0.39 is 33.7 Å². The summed E-state index contributed by atoms with van der Waals surface area (Å²) in [6.07, 6.45) is 0.581. The second kappa shape index (κ2) is 17.1. The number of anilines is 1. The highest BCUT2D eigenvalue weighted by Gasteiger charge is 2.19. The van der Waals surface area contributed by atoms with E-state index in [0.29, 0.717) is 28.5 Å². The standard InChI is InChI=1S/C26H18N2O6.2C2H6.CH4O3S/c29-22(17-7-1-3-9-19(17)25(31)32)14-16-13-12-15-6-5-11-21(23(15)27-16)28-24(30)18-8-2-4-10-20(18)26(33)34;2*1-2;1-5(2,3)4/h1-13H,14H2,(H,28,30)(H,31,32)(H,33,34);2*1-2H3;1H3,(H,2,3,4). The molecule has 4 aromatic rings. The van der Waals surface area contributed by atoms with Gasteiger partial charge in [0.2, 0.25) is 0 Å². The number of hydrogen-bond donors (Lipinski definition) is 4. The number of ketones is 1. The van der Waals surface area contributed by atoms with Crippen molar-refractivity contribution in [3.05, 3.63) is 107 Å². The largest absolute Gasteiger partial charge is 0.478 e. The summed E-state index contributed by atoms with van der Waals surface area (Å²) in [6, 6.07) is 20.4. The predicted octanol–water partition coefficient (Wildman–Crippen LogP) is 5.87. The van der Waals surface area contributed by atoms with E-state index in [1.807, 2.05) is 27.7 Å². The fourth-order valence-corrected chi connectivity index (χ4v) is 3.62. The van der Waals surface area contributed by atoms with E-state index in [4.69, 9.17) is 4.55 Å². The number of pyridine rings is 1.